The maximum Gasteiger partial charge on any atom is 0.257 e. The van der Waals surface area contributed by atoms with Gasteiger partial charge in [-0.2, -0.15) is 0 Å². The van der Waals surface area contributed by atoms with Crippen molar-refractivity contribution < 1.29 is 23.1 Å². The average molecular weight is 515 g/mol. The highest BCUT2D eigenvalue weighted by Crippen LogP contribution is 2.26. The summed E-state index contributed by atoms with van der Waals surface area (Å²) in [5, 5.41) is 5.45. The van der Waals surface area contributed by atoms with E-state index in [1.807, 2.05) is 0 Å². The SMILES string of the molecule is CC(C)(F)CN1CCC(COc2ccc(-c3ccc(C(=O)NC(=O)[C@@H]4CCCCN4)cc3F)cn2)CC1. The second-order valence-electron chi connectivity index (χ2n) is 10.6. The van der Waals surface area contributed by atoms with E-state index < -0.39 is 23.4 Å². The van der Waals surface area contributed by atoms with Crippen molar-refractivity contribution in [3.05, 3.63) is 47.9 Å². The van der Waals surface area contributed by atoms with Crippen LogP contribution in [0.2, 0.25) is 0 Å². The van der Waals surface area contributed by atoms with E-state index in [0.717, 1.165) is 51.4 Å². The fourth-order valence-electron chi connectivity index (χ4n) is 4.91. The third-order valence-electron chi connectivity index (χ3n) is 6.92. The van der Waals surface area contributed by atoms with E-state index >= 15 is 0 Å². The Hall–Kier alpha value is -2.91. The minimum absolute atomic E-state index is 0.0828. The summed E-state index contributed by atoms with van der Waals surface area (Å²) in [5.74, 6) is -0.735. The molecule has 4 rings (SSSR count). The molecule has 7 nitrogen and oxygen atoms in total. The zero-order valence-corrected chi connectivity index (χ0v) is 21.6. The molecule has 0 unspecified atom stereocenters. The second kappa shape index (κ2) is 12.1. The molecule has 2 fully saturated rings. The molecule has 2 amide bonds. The quantitative estimate of drug-likeness (QED) is 0.516. The molecule has 37 heavy (non-hydrogen) atoms. The van der Waals surface area contributed by atoms with Crippen molar-refractivity contribution in [1.29, 1.82) is 0 Å². The molecule has 0 aliphatic carbocycles. The van der Waals surface area contributed by atoms with Gasteiger partial charge in [-0.25, -0.2) is 13.8 Å². The minimum atomic E-state index is -1.19. The van der Waals surface area contributed by atoms with Gasteiger partial charge in [-0.3, -0.25) is 14.9 Å². The highest BCUT2D eigenvalue weighted by Gasteiger charge is 2.26. The van der Waals surface area contributed by atoms with Crippen LogP contribution in [0.1, 0.15) is 56.3 Å². The zero-order valence-electron chi connectivity index (χ0n) is 21.6. The standard InChI is InChI=1S/C28H36F2N4O3/c1-28(2,30)18-34-13-10-19(11-14-34)17-37-25-9-7-21(16-32-25)22-8-6-20(15-23(22)29)26(35)33-27(36)24-5-3-4-12-31-24/h6-9,15-16,19,24,31H,3-5,10-14,17-18H2,1-2H3,(H,33,35,36)/t24-/m0/s1. The van der Waals surface area contributed by atoms with Crippen LogP contribution in [0.15, 0.2) is 36.5 Å². The number of ether oxygens (including phenoxy) is 1. The van der Waals surface area contributed by atoms with Gasteiger partial charge in [-0.05, 0) is 83.3 Å². The molecule has 200 valence electrons. The number of piperidine rings is 2. The zero-order chi connectivity index (χ0) is 26.4. The van der Waals surface area contributed by atoms with E-state index in [4.69, 9.17) is 4.74 Å². The van der Waals surface area contributed by atoms with Crippen LogP contribution >= 0.6 is 0 Å². The number of pyridine rings is 1. The number of imide groups is 1. The third-order valence-corrected chi connectivity index (χ3v) is 6.92. The Bertz CT molecular complexity index is 1070. The largest absolute Gasteiger partial charge is 0.477 e. The van der Waals surface area contributed by atoms with Gasteiger partial charge in [-0.1, -0.05) is 12.5 Å². The Labute approximate surface area is 217 Å². The van der Waals surface area contributed by atoms with Crippen molar-refractivity contribution in [2.24, 2.45) is 5.92 Å². The highest BCUT2D eigenvalue weighted by atomic mass is 19.1. The molecule has 2 saturated heterocycles. The van der Waals surface area contributed by atoms with Crippen LogP contribution < -0.4 is 15.4 Å². The van der Waals surface area contributed by atoms with Crippen LogP contribution in [-0.4, -0.2) is 66.2 Å². The molecule has 2 N–H and O–H groups in total. The number of nitrogens with zero attached hydrogens (tertiary/aromatic N) is 2. The number of alkyl halides is 1. The molecular weight excluding hydrogens is 478 g/mol. The maximum absolute atomic E-state index is 14.9. The first-order valence-corrected chi connectivity index (χ1v) is 13.1. The van der Waals surface area contributed by atoms with Crippen LogP contribution in [0.3, 0.4) is 0 Å². The van der Waals surface area contributed by atoms with Crippen LogP contribution in [0.4, 0.5) is 8.78 Å². The van der Waals surface area contributed by atoms with E-state index in [0.29, 0.717) is 42.5 Å². The monoisotopic (exact) mass is 514 g/mol. The fourth-order valence-corrected chi connectivity index (χ4v) is 4.91. The number of rotatable bonds is 8. The molecular formula is C28H36F2N4O3. The summed E-state index contributed by atoms with van der Waals surface area (Å²) >= 11 is 0. The number of benzene rings is 1. The molecule has 1 aromatic heterocycles. The molecule has 1 aromatic carbocycles. The Kier molecular flexibility index (Phi) is 8.87. The molecule has 0 spiro atoms. The van der Waals surface area contributed by atoms with E-state index in [1.54, 1.807) is 26.0 Å². The number of carbonyl (C=O) groups is 2. The Morgan fingerprint density at radius 3 is 2.57 bits per heavy atom. The number of aromatic nitrogens is 1. The number of nitrogens with one attached hydrogen (secondary N) is 2. The van der Waals surface area contributed by atoms with Crippen molar-refractivity contribution in [2.45, 2.75) is 57.7 Å². The normalized spacial score (nSPS) is 19.4. The van der Waals surface area contributed by atoms with Crippen molar-refractivity contribution in [3.63, 3.8) is 0 Å². The van der Waals surface area contributed by atoms with Gasteiger partial charge in [0, 0.05) is 35.5 Å². The van der Waals surface area contributed by atoms with Crippen LogP contribution in [-0.2, 0) is 4.79 Å². The number of halogens is 2. The van der Waals surface area contributed by atoms with Crippen LogP contribution in [0, 0.1) is 11.7 Å². The predicted molar refractivity (Wildman–Crippen MR) is 138 cm³/mol. The summed E-state index contributed by atoms with van der Waals surface area (Å²) in [7, 11) is 0. The lowest BCUT2D eigenvalue weighted by Crippen LogP contribution is -2.48. The first-order chi connectivity index (χ1) is 17.7. The van der Waals surface area contributed by atoms with Crippen molar-refractivity contribution in [2.75, 3.05) is 32.8 Å². The smallest absolute Gasteiger partial charge is 0.257 e. The molecule has 2 aromatic rings. The van der Waals surface area contributed by atoms with Gasteiger partial charge in [0.25, 0.3) is 5.91 Å². The molecule has 0 bridgehead atoms. The van der Waals surface area contributed by atoms with E-state index in [9.17, 15) is 18.4 Å². The van der Waals surface area contributed by atoms with Crippen LogP contribution in [0.5, 0.6) is 5.88 Å². The van der Waals surface area contributed by atoms with E-state index in [-0.39, 0.29) is 11.5 Å². The number of hydrogen-bond donors (Lipinski definition) is 2. The molecule has 2 aliphatic heterocycles. The Morgan fingerprint density at radius 1 is 1.16 bits per heavy atom. The second-order valence-corrected chi connectivity index (χ2v) is 10.6. The van der Waals surface area contributed by atoms with Crippen molar-refractivity contribution in [1.82, 2.24) is 20.5 Å². The summed E-state index contributed by atoms with van der Waals surface area (Å²) < 4.78 is 34.6. The van der Waals surface area contributed by atoms with Crippen molar-refractivity contribution >= 4 is 11.8 Å². The van der Waals surface area contributed by atoms with Gasteiger partial charge in [0.1, 0.15) is 11.5 Å². The minimum Gasteiger partial charge on any atom is -0.477 e. The van der Waals surface area contributed by atoms with Gasteiger partial charge < -0.3 is 15.0 Å². The number of amides is 2. The summed E-state index contributed by atoms with van der Waals surface area (Å²) in [4.78, 5) is 31.2. The lowest BCUT2D eigenvalue weighted by Gasteiger charge is -2.34. The van der Waals surface area contributed by atoms with E-state index in [1.165, 1.54) is 18.3 Å². The summed E-state index contributed by atoms with van der Waals surface area (Å²) in [5.41, 5.74) is -0.244. The third kappa shape index (κ3) is 7.79. The molecule has 1 atom stereocenters. The topological polar surface area (TPSA) is 83.6 Å². The molecule has 0 saturated carbocycles. The lowest BCUT2D eigenvalue weighted by atomic mass is 9.97. The predicted octanol–water partition coefficient (Wildman–Crippen LogP) is 4.13. The first-order valence-electron chi connectivity index (χ1n) is 13.1. The molecule has 2 aliphatic rings. The highest BCUT2D eigenvalue weighted by molar-refractivity contribution is 6.06. The van der Waals surface area contributed by atoms with Gasteiger partial charge in [0.2, 0.25) is 11.8 Å². The van der Waals surface area contributed by atoms with Gasteiger partial charge in [0.15, 0.2) is 0 Å². The molecule has 0 radical (unpaired) electrons. The number of hydrogen-bond acceptors (Lipinski definition) is 6. The van der Waals surface area contributed by atoms with Crippen molar-refractivity contribution in [3.8, 4) is 17.0 Å². The summed E-state index contributed by atoms with van der Waals surface area (Å²) in [6, 6.07) is 7.17. The first kappa shape index (κ1) is 27.1. The molecule has 9 heteroatoms. The average Bonchev–Trinajstić information content (AvgIpc) is 2.88. The Morgan fingerprint density at radius 2 is 1.95 bits per heavy atom. The van der Waals surface area contributed by atoms with E-state index in [2.05, 4.69) is 20.5 Å². The number of carbonyl (C=O) groups excluding carboxylic acids is 2. The number of likely N-dealkylation sites (tertiary alicyclic amines) is 1. The lowest BCUT2D eigenvalue weighted by molar-refractivity contribution is -0.122. The fraction of sp³-hybridized carbons (Fsp3) is 0.536. The summed E-state index contributed by atoms with van der Waals surface area (Å²) in [6.45, 7) is 6.64. The molecule has 3 heterocycles. The summed E-state index contributed by atoms with van der Waals surface area (Å²) in [6.07, 6.45) is 6.05. The van der Waals surface area contributed by atoms with Gasteiger partial charge in [0.05, 0.1) is 12.6 Å². The van der Waals surface area contributed by atoms with Gasteiger partial charge in [-0.15, -0.1) is 0 Å². The maximum atomic E-state index is 14.9. The van der Waals surface area contributed by atoms with Crippen LogP contribution in [0.25, 0.3) is 11.1 Å². The Balaban J connectivity index is 1.28. The van der Waals surface area contributed by atoms with Gasteiger partial charge >= 0.3 is 0 Å².